The number of hydrogen-bond acceptors (Lipinski definition) is 2. The monoisotopic (exact) mass is 268 g/mol. The number of thiocarbonyl (C=S) groups is 1. The standard InChI is InChI=1S/C13H17FN2OS/c1-13(2,3)16-12(18)15-11(17)8-9-5-4-6-10(14)7-9/h4-7H,8H2,1-3H3,(H2,15,16,17,18). The van der Waals surface area contributed by atoms with Crippen LogP contribution in [-0.4, -0.2) is 16.6 Å². The van der Waals surface area contributed by atoms with Gasteiger partial charge in [-0.1, -0.05) is 12.1 Å². The molecule has 1 amide bonds. The smallest absolute Gasteiger partial charge is 0.230 e. The maximum Gasteiger partial charge on any atom is 0.230 e. The van der Waals surface area contributed by atoms with Gasteiger partial charge in [-0.25, -0.2) is 4.39 Å². The molecule has 3 nitrogen and oxygen atoms in total. The van der Waals surface area contributed by atoms with Crippen molar-refractivity contribution in [3.8, 4) is 0 Å². The fourth-order valence-electron chi connectivity index (χ4n) is 1.37. The van der Waals surface area contributed by atoms with Crippen LogP contribution in [0.15, 0.2) is 24.3 Å². The van der Waals surface area contributed by atoms with Crippen LogP contribution in [0.4, 0.5) is 4.39 Å². The predicted molar refractivity (Wildman–Crippen MR) is 73.7 cm³/mol. The molecule has 0 saturated carbocycles. The molecule has 18 heavy (non-hydrogen) atoms. The summed E-state index contributed by atoms with van der Waals surface area (Å²) in [6.07, 6.45) is 0.101. The summed E-state index contributed by atoms with van der Waals surface area (Å²) in [5.41, 5.74) is 0.412. The minimum Gasteiger partial charge on any atom is -0.358 e. The Hall–Kier alpha value is -1.49. The van der Waals surface area contributed by atoms with E-state index in [4.69, 9.17) is 12.2 Å². The number of benzene rings is 1. The molecule has 0 aromatic heterocycles. The van der Waals surface area contributed by atoms with Crippen LogP contribution in [0.5, 0.6) is 0 Å². The van der Waals surface area contributed by atoms with Gasteiger partial charge >= 0.3 is 0 Å². The SMILES string of the molecule is CC(C)(C)NC(=S)NC(=O)Cc1cccc(F)c1. The zero-order valence-corrected chi connectivity index (χ0v) is 11.5. The van der Waals surface area contributed by atoms with Crippen LogP contribution < -0.4 is 10.6 Å². The first-order valence-corrected chi connectivity index (χ1v) is 6.03. The molecular formula is C13H17FN2OS. The molecule has 0 heterocycles. The van der Waals surface area contributed by atoms with E-state index in [1.807, 2.05) is 20.8 Å². The average Bonchev–Trinajstić information content (AvgIpc) is 2.13. The van der Waals surface area contributed by atoms with Gasteiger partial charge in [-0.2, -0.15) is 0 Å². The molecule has 0 bridgehead atoms. The first kappa shape index (κ1) is 14.6. The first-order valence-electron chi connectivity index (χ1n) is 5.63. The Morgan fingerprint density at radius 3 is 2.61 bits per heavy atom. The zero-order chi connectivity index (χ0) is 13.8. The summed E-state index contributed by atoms with van der Waals surface area (Å²) >= 11 is 5.00. The largest absolute Gasteiger partial charge is 0.358 e. The molecule has 0 radical (unpaired) electrons. The van der Waals surface area contributed by atoms with Crippen LogP contribution in [-0.2, 0) is 11.2 Å². The highest BCUT2D eigenvalue weighted by Crippen LogP contribution is 2.04. The van der Waals surface area contributed by atoms with Gasteiger partial charge in [-0.3, -0.25) is 4.79 Å². The van der Waals surface area contributed by atoms with E-state index >= 15 is 0 Å². The van der Waals surface area contributed by atoms with Crippen LogP contribution in [0.25, 0.3) is 0 Å². The lowest BCUT2D eigenvalue weighted by Crippen LogP contribution is -2.48. The van der Waals surface area contributed by atoms with Crippen molar-refractivity contribution < 1.29 is 9.18 Å². The van der Waals surface area contributed by atoms with Gasteiger partial charge in [0.05, 0.1) is 6.42 Å². The van der Waals surface area contributed by atoms with E-state index < -0.39 is 0 Å². The number of halogens is 1. The third-order valence-electron chi connectivity index (χ3n) is 2.00. The van der Waals surface area contributed by atoms with Crippen LogP contribution in [0.2, 0.25) is 0 Å². The highest BCUT2D eigenvalue weighted by atomic mass is 32.1. The summed E-state index contributed by atoms with van der Waals surface area (Å²) in [7, 11) is 0. The normalized spacial score (nSPS) is 10.9. The molecule has 1 aromatic rings. The van der Waals surface area contributed by atoms with E-state index in [0.29, 0.717) is 5.56 Å². The van der Waals surface area contributed by atoms with Crippen molar-refractivity contribution in [2.45, 2.75) is 32.7 Å². The summed E-state index contributed by atoms with van der Waals surface area (Å²) in [6, 6.07) is 5.94. The Bertz CT molecular complexity index is 455. The van der Waals surface area contributed by atoms with Gasteiger partial charge in [0.1, 0.15) is 5.82 Å². The molecule has 98 valence electrons. The van der Waals surface area contributed by atoms with Gasteiger partial charge < -0.3 is 10.6 Å². The summed E-state index contributed by atoms with van der Waals surface area (Å²) in [6.45, 7) is 5.83. The molecule has 0 fully saturated rings. The van der Waals surface area contributed by atoms with Crippen molar-refractivity contribution in [1.29, 1.82) is 0 Å². The number of hydrogen-bond donors (Lipinski definition) is 2. The van der Waals surface area contributed by atoms with Gasteiger partial charge in [0.25, 0.3) is 0 Å². The minimum atomic E-state index is -0.351. The van der Waals surface area contributed by atoms with E-state index in [1.165, 1.54) is 12.1 Å². The van der Waals surface area contributed by atoms with E-state index in [9.17, 15) is 9.18 Å². The second kappa shape index (κ2) is 5.91. The molecule has 0 saturated heterocycles. The Morgan fingerprint density at radius 2 is 2.06 bits per heavy atom. The van der Waals surface area contributed by atoms with E-state index in [2.05, 4.69) is 10.6 Å². The second-order valence-corrected chi connectivity index (χ2v) is 5.47. The van der Waals surface area contributed by atoms with Gasteiger partial charge in [-0.15, -0.1) is 0 Å². The average molecular weight is 268 g/mol. The molecular weight excluding hydrogens is 251 g/mol. The summed E-state index contributed by atoms with van der Waals surface area (Å²) < 4.78 is 12.9. The van der Waals surface area contributed by atoms with Gasteiger partial charge in [0, 0.05) is 5.54 Å². The topological polar surface area (TPSA) is 41.1 Å². The first-order chi connectivity index (χ1) is 8.26. The third-order valence-corrected chi connectivity index (χ3v) is 2.20. The van der Waals surface area contributed by atoms with Crippen molar-refractivity contribution in [1.82, 2.24) is 10.6 Å². The molecule has 1 aromatic carbocycles. The zero-order valence-electron chi connectivity index (χ0n) is 10.7. The van der Waals surface area contributed by atoms with Crippen molar-refractivity contribution in [2.75, 3.05) is 0 Å². The van der Waals surface area contributed by atoms with Crippen molar-refractivity contribution in [3.05, 3.63) is 35.6 Å². The molecule has 0 aliphatic heterocycles. The predicted octanol–water partition coefficient (Wildman–Crippen LogP) is 2.16. The number of carbonyl (C=O) groups is 1. The molecule has 0 spiro atoms. The fourth-order valence-corrected chi connectivity index (χ4v) is 1.80. The number of rotatable bonds is 2. The third kappa shape index (κ3) is 5.72. The quantitative estimate of drug-likeness (QED) is 0.808. The number of carbonyl (C=O) groups excluding carboxylic acids is 1. The van der Waals surface area contributed by atoms with Crippen LogP contribution >= 0.6 is 12.2 Å². The number of nitrogens with one attached hydrogen (secondary N) is 2. The molecule has 0 atom stereocenters. The van der Waals surface area contributed by atoms with Gasteiger partial charge in [-0.05, 0) is 50.7 Å². The lowest BCUT2D eigenvalue weighted by atomic mass is 10.1. The number of amides is 1. The Morgan fingerprint density at radius 1 is 1.39 bits per heavy atom. The molecule has 0 aliphatic rings. The maximum atomic E-state index is 12.9. The van der Waals surface area contributed by atoms with Gasteiger partial charge in [0.2, 0.25) is 5.91 Å². The van der Waals surface area contributed by atoms with Crippen molar-refractivity contribution in [2.24, 2.45) is 0 Å². The maximum absolute atomic E-state index is 12.9. The Labute approximate surface area is 112 Å². The van der Waals surface area contributed by atoms with E-state index in [1.54, 1.807) is 12.1 Å². The second-order valence-electron chi connectivity index (χ2n) is 5.06. The van der Waals surface area contributed by atoms with Crippen LogP contribution in [0, 0.1) is 5.82 Å². The van der Waals surface area contributed by atoms with E-state index in [-0.39, 0.29) is 28.8 Å². The summed E-state index contributed by atoms with van der Waals surface area (Å²) in [4.78, 5) is 11.7. The Kier molecular flexibility index (Phi) is 4.78. The molecule has 0 unspecified atom stereocenters. The summed E-state index contributed by atoms with van der Waals surface area (Å²) in [5.74, 6) is -0.613. The van der Waals surface area contributed by atoms with Gasteiger partial charge in [0.15, 0.2) is 5.11 Å². The molecule has 0 aliphatic carbocycles. The molecule has 2 N–H and O–H groups in total. The highest BCUT2D eigenvalue weighted by Gasteiger charge is 2.13. The Balaban J connectivity index is 2.50. The highest BCUT2D eigenvalue weighted by molar-refractivity contribution is 7.80. The minimum absolute atomic E-state index is 0.101. The van der Waals surface area contributed by atoms with E-state index in [0.717, 1.165) is 0 Å². The lowest BCUT2D eigenvalue weighted by Gasteiger charge is -2.22. The van der Waals surface area contributed by atoms with Crippen molar-refractivity contribution >= 4 is 23.2 Å². The molecule has 5 heteroatoms. The van der Waals surface area contributed by atoms with Crippen LogP contribution in [0.3, 0.4) is 0 Å². The summed E-state index contributed by atoms with van der Waals surface area (Å²) in [5, 5.41) is 5.82. The fraction of sp³-hybridized carbons (Fsp3) is 0.385. The van der Waals surface area contributed by atoms with Crippen LogP contribution in [0.1, 0.15) is 26.3 Å². The molecule has 1 rings (SSSR count). The lowest BCUT2D eigenvalue weighted by molar-refractivity contribution is -0.119. The van der Waals surface area contributed by atoms with Crippen molar-refractivity contribution in [3.63, 3.8) is 0 Å².